The molecule has 0 radical (unpaired) electrons. The Balaban J connectivity index is 2.78. The van der Waals surface area contributed by atoms with Gasteiger partial charge in [0.05, 0.1) is 0 Å². The number of phenolic OH excluding ortho intramolecular Hbond substituents is 1. The van der Waals surface area contributed by atoms with E-state index in [1.165, 1.54) is 19.1 Å². The van der Waals surface area contributed by atoms with Crippen LogP contribution in [0.15, 0.2) is 35.9 Å². The van der Waals surface area contributed by atoms with Gasteiger partial charge in [0.1, 0.15) is 12.4 Å². The SMILES string of the molecule is CC(=O)OCC(C)=CCc1cc(C=CC(=O)O)ccc1O. The van der Waals surface area contributed by atoms with Crippen LogP contribution in [-0.2, 0) is 20.7 Å². The van der Waals surface area contributed by atoms with Crippen molar-refractivity contribution >= 4 is 18.0 Å². The predicted molar refractivity (Wildman–Crippen MR) is 78.9 cm³/mol. The van der Waals surface area contributed by atoms with Crippen molar-refractivity contribution in [1.29, 1.82) is 0 Å². The van der Waals surface area contributed by atoms with Gasteiger partial charge in [0.25, 0.3) is 0 Å². The maximum atomic E-state index is 10.7. The Bertz CT molecular complexity index is 584. The van der Waals surface area contributed by atoms with E-state index >= 15 is 0 Å². The normalized spacial score (nSPS) is 11.6. The van der Waals surface area contributed by atoms with E-state index in [2.05, 4.69) is 0 Å². The number of carbonyl (C=O) groups is 2. The van der Waals surface area contributed by atoms with Gasteiger partial charge in [-0.25, -0.2) is 4.79 Å². The van der Waals surface area contributed by atoms with Crippen LogP contribution >= 0.6 is 0 Å². The van der Waals surface area contributed by atoms with Crippen molar-refractivity contribution in [2.24, 2.45) is 0 Å². The molecule has 5 heteroatoms. The van der Waals surface area contributed by atoms with Crippen LogP contribution < -0.4 is 0 Å². The number of hydrogen-bond acceptors (Lipinski definition) is 4. The maximum Gasteiger partial charge on any atom is 0.328 e. The number of allylic oxidation sites excluding steroid dienone is 1. The molecule has 0 fully saturated rings. The molecule has 1 aromatic carbocycles. The molecule has 1 rings (SSSR count). The zero-order valence-electron chi connectivity index (χ0n) is 12.0. The van der Waals surface area contributed by atoms with Crippen molar-refractivity contribution < 1.29 is 24.5 Å². The van der Waals surface area contributed by atoms with Crippen LogP contribution in [0.1, 0.15) is 25.0 Å². The molecule has 1 aromatic rings. The molecule has 0 aromatic heterocycles. The highest BCUT2D eigenvalue weighted by atomic mass is 16.5. The number of aromatic hydroxyl groups is 1. The molecule has 0 heterocycles. The highest BCUT2D eigenvalue weighted by Crippen LogP contribution is 2.20. The largest absolute Gasteiger partial charge is 0.508 e. The van der Waals surface area contributed by atoms with E-state index in [1.54, 1.807) is 12.1 Å². The van der Waals surface area contributed by atoms with Gasteiger partial charge in [-0.3, -0.25) is 4.79 Å². The summed E-state index contributed by atoms with van der Waals surface area (Å²) < 4.78 is 4.86. The van der Waals surface area contributed by atoms with E-state index < -0.39 is 5.97 Å². The van der Waals surface area contributed by atoms with Crippen molar-refractivity contribution in [3.05, 3.63) is 47.1 Å². The molecule has 0 atom stereocenters. The fourth-order valence-corrected chi connectivity index (χ4v) is 1.60. The molecule has 0 aliphatic heterocycles. The molecule has 21 heavy (non-hydrogen) atoms. The molecule has 0 spiro atoms. The first kappa shape index (κ1) is 16.5. The molecular weight excluding hydrogens is 272 g/mol. The smallest absolute Gasteiger partial charge is 0.328 e. The van der Waals surface area contributed by atoms with E-state index in [0.717, 1.165) is 11.6 Å². The molecule has 0 saturated heterocycles. The number of carbonyl (C=O) groups excluding carboxylic acids is 1. The van der Waals surface area contributed by atoms with Gasteiger partial charge in [0.2, 0.25) is 0 Å². The predicted octanol–water partition coefficient (Wildman–Crippen LogP) is 2.54. The number of ether oxygens (including phenoxy) is 1. The molecule has 0 bridgehead atoms. The number of carboxylic acid groups (broad SMARTS) is 1. The minimum absolute atomic E-state index is 0.138. The molecule has 0 aliphatic carbocycles. The van der Waals surface area contributed by atoms with E-state index in [4.69, 9.17) is 9.84 Å². The summed E-state index contributed by atoms with van der Waals surface area (Å²) in [6, 6.07) is 4.87. The second kappa shape index (κ2) is 7.89. The van der Waals surface area contributed by atoms with Gasteiger partial charge >= 0.3 is 11.9 Å². The summed E-state index contributed by atoms with van der Waals surface area (Å²) in [5.74, 6) is -1.23. The summed E-state index contributed by atoms with van der Waals surface area (Å²) in [6.07, 6.45) is 4.81. The minimum atomic E-state index is -1.03. The van der Waals surface area contributed by atoms with Crippen LogP contribution in [0.4, 0.5) is 0 Å². The third-order valence-electron chi connectivity index (χ3n) is 2.70. The lowest BCUT2D eigenvalue weighted by Crippen LogP contribution is -2.01. The van der Waals surface area contributed by atoms with Crippen molar-refractivity contribution in [3.63, 3.8) is 0 Å². The molecule has 0 saturated carbocycles. The number of carboxylic acids is 1. The Kier molecular flexibility index (Phi) is 6.20. The van der Waals surface area contributed by atoms with E-state index in [1.807, 2.05) is 13.0 Å². The average molecular weight is 290 g/mol. The van der Waals surface area contributed by atoms with Gasteiger partial charge in [0.15, 0.2) is 0 Å². The Hall–Kier alpha value is -2.56. The summed E-state index contributed by atoms with van der Waals surface area (Å²) in [7, 11) is 0. The van der Waals surface area contributed by atoms with Gasteiger partial charge in [0, 0.05) is 13.0 Å². The molecular formula is C16H18O5. The average Bonchev–Trinajstić information content (AvgIpc) is 2.42. The Morgan fingerprint density at radius 2 is 2.00 bits per heavy atom. The van der Waals surface area contributed by atoms with Crippen molar-refractivity contribution in [1.82, 2.24) is 0 Å². The third kappa shape index (κ3) is 6.42. The standard InChI is InChI=1S/C16H18O5/c1-11(10-21-12(2)17)3-6-14-9-13(4-7-15(14)18)5-8-16(19)20/h3-5,7-9,18H,6,10H2,1-2H3,(H,19,20). The van der Waals surface area contributed by atoms with Crippen molar-refractivity contribution in [3.8, 4) is 5.75 Å². The molecule has 112 valence electrons. The molecule has 5 nitrogen and oxygen atoms in total. The monoisotopic (exact) mass is 290 g/mol. The van der Waals surface area contributed by atoms with E-state index in [-0.39, 0.29) is 18.3 Å². The first-order chi connectivity index (χ1) is 9.88. The van der Waals surface area contributed by atoms with Crippen molar-refractivity contribution in [2.75, 3.05) is 6.61 Å². The zero-order chi connectivity index (χ0) is 15.8. The summed E-state index contributed by atoms with van der Waals surface area (Å²) in [6.45, 7) is 3.39. The number of esters is 1. The first-order valence-electron chi connectivity index (χ1n) is 6.40. The van der Waals surface area contributed by atoms with Crippen LogP contribution in [0, 0.1) is 0 Å². The summed E-state index contributed by atoms with van der Waals surface area (Å²) >= 11 is 0. The topological polar surface area (TPSA) is 83.8 Å². The maximum absolute atomic E-state index is 10.7. The number of hydrogen-bond donors (Lipinski definition) is 2. The highest BCUT2D eigenvalue weighted by Gasteiger charge is 2.02. The van der Waals surface area contributed by atoms with E-state index in [0.29, 0.717) is 17.5 Å². The molecule has 0 amide bonds. The van der Waals surface area contributed by atoms with Crippen LogP contribution in [-0.4, -0.2) is 28.8 Å². The van der Waals surface area contributed by atoms with Crippen LogP contribution in [0.25, 0.3) is 6.08 Å². The second-order valence-electron chi connectivity index (χ2n) is 4.59. The Morgan fingerprint density at radius 3 is 2.62 bits per heavy atom. The molecule has 0 aliphatic rings. The second-order valence-corrected chi connectivity index (χ2v) is 4.59. The first-order valence-corrected chi connectivity index (χ1v) is 6.40. The van der Waals surface area contributed by atoms with Gasteiger partial charge < -0.3 is 14.9 Å². The van der Waals surface area contributed by atoms with Gasteiger partial charge in [-0.15, -0.1) is 0 Å². The summed E-state index contributed by atoms with van der Waals surface area (Å²) in [4.78, 5) is 21.2. The molecule has 2 N–H and O–H groups in total. The quantitative estimate of drug-likeness (QED) is 0.478. The fraction of sp³-hybridized carbons (Fsp3) is 0.250. The van der Waals surface area contributed by atoms with Crippen LogP contribution in [0.5, 0.6) is 5.75 Å². The lowest BCUT2D eigenvalue weighted by Gasteiger charge is -2.05. The highest BCUT2D eigenvalue weighted by molar-refractivity contribution is 5.85. The van der Waals surface area contributed by atoms with Crippen LogP contribution in [0.2, 0.25) is 0 Å². The zero-order valence-corrected chi connectivity index (χ0v) is 12.0. The number of aliphatic carboxylic acids is 1. The van der Waals surface area contributed by atoms with Crippen LogP contribution in [0.3, 0.4) is 0 Å². The molecule has 0 unspecified atom stereocenters. The number of phenols is 1. The van der Waals surface area contributed by atoms with E-state index in [9.17, 15) is 14.7 Å². The fourth-order valence-electron chi connectivity index (χ4n) is 1.60. The van der Waals surface area contributed by atoms with Crippen molar-refractivity contribution in [2.45, 2.75) is 20.3 Å². The van der Waals surface area contributed by atoms with Gasteiger partial charge in [-0.1, -0.05) is 12.1 Å². The van der Waals surface area contributed by atoms with Gasteiger partial charge in [-0.05, 0) is 48.3 Å². The minimum Gasteiger partial charge on any atom is -0.508 e. The summed E-state index contributed by atoms with van der Waals surface area (Å²) in [5.41, 5.74) is 2.23. The number of benzene rings is 1. The van der Waals surface area contributed by atoms with Gasteiger partial charge in [-0.2, -0.15) is 0 Å². The lowest BCUT2D eigenvalue weighted by atomic mass is 10.0. The third-order valence-corrected chi connectivity index (χ3v) is 2.70. The lowest BCUT2D eigenvalue weighted by molar-refractivity contribution is -0.140. The Morgan fingerprint density at radius 1 is 1.29 bits per heavy atom. The summed E-state index contributed by atoms with van der Waals surface area (Å²) in [5, 5.41) is 18.4. The number of rotatable bonds is 6. The Labute approximate surface area is 123 Å².